The van der Waals surface area contributed by atoms with E-state index in [9.17, 15) is 9.18 Å². The van der Waals surface area contributed by atoms with Crippen LogP contribution in [0.1, 0.15) is 30.5 Å². The van der Waals surface area contributed by atoms with E-state index in [2.05, 4.69) is 10.3 Å². The van der Waals surface area contributed by atoms with Crippen LogP contribution in [0.4, 0.5) is 4.39 Å². The number of carbonyl (C=O) groups excluding carboxylic acids is 1. The van der Waals surface area contributed by atoms with E-state index in [1.165, 1.54) is 6.07 Å². The topological polar surface area (TPSA) is 45.2 Å². The molecular weight excluding hydrogens is 317 g/mol. The number of aromatic nitrogens is 1. The summed E-state index contributed by atoms with van der Waals surface area (Å²) in [5.41, 5.74) is 1.31. The Kier molecular flexibility index (Phi) is 6.12. The summed E-state index contributed by atoms with van der Waals surface area (Å²) in [6.07, 6.45) is 4.74. The van der Waals surface area contributed by atoms with Crippen LogP contribution < -0.4 is 5.32 Å². The van der Waals surface area contributed by atoms with Crippen LogP contribution >= 0.6 is 0 Å². The minimum absolute atomic E-state index is 0.0392. The maximum atomic E-state index is 14.0. The van der Waals surface area contributed by atoms with Crippen molar-refractivity contribution in [2.24, 2.45) is 0 Å². The van der Waals surface area contributed by atoms with Gasteiger partial charge in [-0.15, -0.1) is 0 Å². The Morgan fingerprint density at radius 3 is 2.80 bits per heavy atom. The first kappa shape index (κ1) is 17.5. The van der Waals surface area contributed by atoms with Gasteiger partial charge in [-0.05, 0) is 56.1 Å². The van der Waals surface area contributed by atoms with Crippen molar-refractivity contribution in [3.8, 4) is 0 Å². The second-order valence-corrected chi connectivity index (χ2v) is 6.45. The second kappa shape index (κ2) is 8.72. The summed E-state index contributed by atoms with van der Waals surface area (Å²) in [5, 5.41) is 3.38. The Balaban J connectivity index is 1.79. The number of nitrogens with one attached hydrogen (secondary N) is 1. The summed E-state index contributed by atoms with van der Waals surface area (Å²) >= 11 is 0. The number of benzene rings is 1. The molecule has 1 N–H and O–H groups in total. The lowest BCUT2D eigenvalue weighted by Gasteiger charge is -2.31. The summed E-state index contributed by atoms with van der Waals surface area (Å²) in [4.78, 5) is 19.2. The highest BCUT2D eigenvalue weighted by atomic mass is 19.1. The van der Waals surface area contributed by atoms with Crippen molar-refractivity contribution in [1.82, 2.24) is 15.2 Å². The highest BCUT2D eigenvalue weighted by Gasteiger charge is 2.25. The summed E-state index contributed by atoms with van der Waals surface area (Å²) in [6.45, 7) is 2.35. The van der Waals surface area contributed by atoms with Gasteiger partial charge in [0.1, 0.15) is 5.82 Å². The summed E-state index contributed by atoms with van der Waals surface area (Å²) in [5.74, 6) is -0.362. The third-order valence-electron chi connectivity index (χ3n) is 4.66. The quantitative estimate of drug-likeness (QED) is 0.909. The molecule has 4 nitrogen and oxygen atoms in total. The Hall–Kier alpha value is -2.27. The Morgan fingerprint density at radius 2 is 2.00 bits per heavy atom. The first-order chi connectivity index (χ1) is 12.2. The van der Waals surface area contributed by atoms with Crippen LogP contribution in [0.5, 0.6) is 0 Å². The molecule has 132 valence electrons. The molecule has 0 bridgehead atoms. The van der Waals surface area contributed by atoms with Gasteiger partial charge < -0.3 is 10.2 Å². The first-order valence-corrected chi connectivity index (χ1v) is 8.87. The smallest absolute Gasteiger partial charge is 0.227 e. The fourth-order valence-corrected chi connectivity index (χ4v) is 3.31. The molecule has 0 radical (unpaired) electrons. The van der Waals surface area contributed by atoms with Crippen LogP contribution in [0.15, 0.2) is 48.7 Å². The number of nitrogens with zero attached hydrogens (tertiary/aromatic N) is 2. The molecule has 25 heavy (non-hydrogen) atoms. The largest absolute Gasteiger partial charge is 0.333 e. The molecule has 1 unspecified atom stereocenters. The number of amides is 1. The number of hydrogen-bond acceptors (Lipinski definition) is 3. The number of pyridine rings is 1. The Morgan fingerprint density at radius 1 is 1.16 bits per heavy atom. The number of carbonyl (C=O) groups is 1. The molecule has 0 spiro atoms. The molecule has 0 aliphatic carbocycles. The molecule has 1 atom stereocenters. The van der Waals surface area contributed by atoms with Crippen molar-refractivity contribution >= 4 is 5.91 Å². The molecule has 1 saturated heterocycles. The number of rotatable bonds is 5. The van der Waals surface area contributed by atoms with Crippen molar-refractivity contribution < 1.29 is 9.18 Å². The van der Waals surface area contributed by atoms with Crippen LogP contribution in [0.2, 0.25) is 0 Å². The molecule has 1 fully saturated rings. The van der Waals surface area contributed by atoms with E-state index >= 15 is 0 Å². The standard InChI is InChI=1S/C20H24FN3O/c21-19-9-2-1-6-16(19)14-20(25)24(15-17-7-3-4-12-23-17)18-8-5-11-22-13-10-18/h1-4,6-7,9,12,18,22H,5,8,10-11,13-15H2. The molecule has 1 amide bonds. The van der Waals surface area contributed by atoms with E-state index in [1.807, 2.05) is 23.1 Å². The highest BCUT2D eigenvalue weighted by molar-refractivity contribution is 5.79. The van der Waals surface area contributed by atoms with Gasteiger partial charge in [0, 0.05) is 12.2 Å². The summed E-state index contributed by atoms with van der Waals surface area (Å²) < 4.78 is 14.0. The molecule has 1 aromatic heterocycles. The van der Waals surface area contributed by atoms with Crippen molar-refractivity contribution in [3.05, 3.63) is 65.7 Å². The van der Waals surface area contributed by atoms with Gasteiger partial charge in [0.2, 0.25) is 5.91 Å². The normalized spacial score (nSPS) is 17.7. The molecule has 2 heterocycles. The maximum absolute atomic E-state index is 14.0. The van der Waals surface area contributed by atoms with Gasteiger partial charge in [0.05, 0.1) is 18.7 Å². The third-order valence-corrected chi connectivity index (χ3v) is 4.66. The van der Waals surface area contributed by atoms with E-state index in [4.69, 9.17) is 0 Å². The molecule has 1 aliphatic heterocycles. The van der Waals surface area contributed by atoms with Gasteiger partial charge in [-0.2, -0.15) is 0 Å². The summed E-state index contributed by atoms with van der Waals surface area (Å²) in [7, 11) is 0. The number of halogens is 1. The predicted molar refractivity (Wildman–Crippen MR) is 95.4 cm³/mol. The van der Waals surface area contributed by atoms with Crippen LogP contribution in [0, 0.1) is 5.82 Å². The van der Waals surface area contributed by atoms with Crippen molar-refractivity contribution in [2.75, 3.05) is 13.1 Å². The van der Waals surface area contributed by atoms with E-state index in [-0.39, 0.29) is 24.2 Å². The van der Waals surface area contributed by atoms with E-state index in [0.717, 1.165) is 38.0 Å². The SMILES string of the molecule is O=C(Cc1ccccc1F)N(Cc1ccccn1)C1CCCNCC1. The molecule has 3 rings (SSSR count). The minimum atomic E-state index is -0.323. The van der Waals surface area contributed by atoms with Crippen molar-refractivity contribution in [3.63, 3.8) is 0 Å². The maximum Gasteiger partial charge on any atom is 0.227 e. The molecular formula is C20H24FN3O. The van der Waals surface area contributed by atoms with Gasteiger partial charge in [-0.25, -0.2) is 4.39 Å². The van der Waals surface area contributed by atoms with Crippen LogP contribution in [-0.2, 0) is 17.8 Å². The van der Waals surface area contributed by atoms with Gasteiger partial charge in [-0.1, -0.05) is 24.3 Å². The third kappa shape index (κ3) is 4.86. The summed E-state index contributed by atoms with van der Waals surface area (Å²) in [6, 6.07) is 12.4. The Bertz CT molecular complexity index is 684. The molecule has 2 aromatic rings. The average Bonchev–Trinajstić information content (AvgIpc) is 2.92. The van der Waals surface area contributed by atoms with E-state index in [1.54, 1.807) is 24.4 Å². The van der Waals surface area contributed by atoms with E-state index in [0.29, 0.717) is 12.1 Å². The van der Waals surface area contributed by atoms with Gasteiger partial charge in [-0.3, -0.25) is 9.78 Å². The number of hydrogen-bond donors (Lipinski definition) is 1. The minimum Gasteiger partial charge on any atom is -0.333 e. The van der Waals surface area contributed by atoms with Crippen LogP contribution in [0.3, 0.4) is 0 Å². The van der Waals surface area contributed by atoms with Gasteiger partial charge >= 0.3 is 0 Å². The van der Waals surface area contributed by atoms with Crippen molar-refractivity contribution in [1.29, 1.82) is 0 Å². The second-order valence-electron chi connectivity index (χ2n) is 6.45. The van der Waals surface area contributed by atoms with Gasteiger partial charge in [0.15, 0.2) is 0 Å². The molecule has 1 aromatic carbocycles. The highest BCUT2D eigenvalue weighted by Crippen LogP contribution is 2.19. The lowest BCUT2D eigenvalue weighted by molar-refractivity contribution is -0.133. The first-order valence-electron chi connectivity index (χ1n) is 8.87. The zero-order chi connectivity index (χ0) is 17.5. The van der Waals surface area contributed by atoms with Crippen molar-refractivity contribution in [2.45, 2.75) is 38.3 Å². The fourth-order valence-electron chi connectivity index (χ4n) is 3.31. The van der Waals surface area contributed by atoms with E-state index < -0.39 is 0 Å². The molecule has 5 heteroatoms. The zero-order valence-electron chi connectivity index (χ0n) is 14.3. The lowest BCUT2D eigenvalue weighted by Crippen LogP contribution is -2.41. The fraction of sp³-hybridized carbons (Fsp3) is 0.400. The lowest BCUT2D eigenvalue weighted by atomic mass is 10.0. The average molecular weight is 341 g/mol. The predicted octanol–water partition coefficient (Wildman–Crippen LogP) is 2.93. The molecule has 0 saturated carbocycles. The molecule has 1 aliphatic rings. The monoisotopic (exact) mass is 341 g/mol. The zero-order valence-corrected chi connectivity index (χ0v) is 14.3. The van der Waals surface area contributed by atoms with Crippen LogP contribution in [-0.4, -0.2) is 34.9 Å². The Labute approximate surface area is 148 Å². The van der Waals surface area contributed by atoms with Crippen LogP contribution in [0.25, 0.3) is 0 Å². The van der Waals surface area contributed by atoms with Gasteiger partial charge in [0.25, 0.3) is 0 Å².